The summed E-state index contributed by atoms with van der Waals surface area (Å²) in [7, 11) is 3.12. The second kappa shape index (κ2) is 6.41. The molecule has 6 N–H and O–H groups in total. The van der Waals surface area contributed by atoms with Crippen LogP contribution in [-0.4, -0.2) is 68.5 Å². The minimum Gasteiger partial charge on any atom is -0.508 e. The molecule has 9 heteroatoms. The van der Waals surface area contributed by atoms with E-state index in [1.165, 1.54) is 11.0 Å². The van der Waals surface area contributed by atoms with Crippen LogP contribution in [0, 0.1) is 11.8 Å². The minimum absolute atomic E-state index is 0.0847. The number of Topliss-reactive ketones (excluding diaryl/α,β-unsaturated/α-hetero) is 2. The summed E-state index contributed by atoms with van der Waals surface area (Å²) in [6, 6.07) is 3.62. The molecule has 30 heavy (non-hydrogen) atoms. The number of ketones is 2. The number of fused-ring (bicyclic) bond motifs is 3. The number of nitrogens with two attached hydrogens (primary N) is 1. The average molecular weight is 414 g/mol. The lowest BCUT2D eigenvalue weighted by atomic mass is 9.57. The molecule has 0 aliphatic heterocycles. The Morgan fingerprint density at radius 1 is 1.20 bits per heavy atom. The van der Waals surface area contributed by atoms with Gasteiger partial charge < -0.3 is 26.2 Å². The van der Waals surface area contributed by atoms with Crippen LogP contribution in [0.2, 0.25) is 0 Å². The number of hydrogen-bond donors (Lipinski definition) is 5. The molecule has 1 aromatic rings. The van der Waals surface area contributed by atoms with Gasteiger partial charge >= 0.3 is 0 Å². The molecule has 0 spiro atoms. The van der Waals surface area contributed by atoms with Gasteiger partial charge in [0.15, 0.2) is 11.4 Å². The van der Waals surface area contributed by atoms with Gasteiger partial charge in [-0.3, -0.25) is 19.3 Å². The quantitative estimate of drug-likeness (QED) is 0.421. The molecule has 4 rings (SSSR count). The van der Waals surface area contributed by atoms with Gasteiger partial charge in [-0.05, 0) is 44.5 Å². The fourth-order valence-electron chi connectivity index (χ4n) is 5.18. The van der Waals surface area contributed by atoms with Crippen LogP contribution in [0.5, 0.6) is 5.75 Å². The number of likely N-dealkylation sites (N-methyl/N-ethyl adjacent to an activating group) is 1. The van der Waals surface area contributed by atoms with E-state index in [1.54, 1.807) is 26.2 Å². The first-order valence-electron chi connectivity index (χ1n) is 9.47. The van der Waals surface area contributed by atoms with Crippen LogP contribution < -0.4 is 5.73 Å². The molecule has 1 fully saturated rings. The topological polar surface area (TPSA) is 161 Å². The van der Waals surface area contributed by atoms with Crippen LogP contribution in [-0.2, 0) is 20.8 Å². The molecular formula is C21H22N2O7. The van der Waals surface area contributed by atoms with Crippen molar-refractivity contribution in [1.29, 1.82) is 0 Å². The van der Waals surface area contributed by atoms with Crippen molar-refractivity contribution < 1.29 is 34.8 Å². The highest BCUT2D eigenvalue weighted by atomic mass is 16.3. The Balaban J connectivity index is 1.98. The highest BCUT2D eigenvalue weighted by molar-refractivity contribution is 6.24. The molecule has 0 saturated heterocycles. The van der Waals surface area contributed by atoms with Crippen LogP contribution in [0.1, 0.15) is 17.5 Å². The second-order valence-electron chi connectivity index (χ2n) is 8.27. The number of hydrogen-bond acceptors (Lipinski definition) is 8. The monoisotopic (exact) mass is 414 g/mol. The summed E-state index contributed by atoms with van der Waals surface area (Å²) in [4.78, 5) is 39.7. The summed E-state index contributed by atoms with van der Waals surface area (Å²) in [5.41, 5.74) is 2.41. The molecule has 3 aliphatic carbocycles. The maximum Gasteiger partial charge on any atom is 0.255 e. The number of aliphatic hydroxyl groups excluding tert-OH is 2. The molecule has 1 aromatic carbocycles. The molecule has 0 heterocycles. The van der Waals surface area contributed by atoms with Gasteiger partial charge in [0.05, 0.1) is 11.6 Å². The van der Waals surface area contributed by atoms with Crippen molar-refractivity contribution in [2.24, 2.45) is 17.6 Å². The number of phenolic OH excluding ortho intramolecular Hbond substituents is 1. The smallest absolute Gasteiger partial charge is 0.255 e. The number of rotatable bonds is 2. The predicted molar refractivity (Wildman–Crippen MR) is 104 cm³/mol. The van der Waals surface area contributed by atoms with E-state index in [0.717, 1.165) is 0 Å². The lowest BCUT2D eigenvalue weighted by Gasteiger charge is -2.50. The number of nitrogens with zero attached hydrogens (tertiary/aromatic N) is 1. The molecule has 0 aromatic heterocycles. The zero-order valence-corrected chi connectivity index (χ0v) is 16.4. The number of amides is 1. The summed E-state index contributed by atoms with van der Waals surface area (Å²) in [6.07, 6.45) is 0.379. The number of primary amides is 1. The Morgan fingerprint density at radius 2 is 1.87 bits per heavy atom. The van der Waals surface area contributed by atoms with Crippen molar-refractivity contribution in [1.82, 2.24) is 4.90 Å². The summed E-state index contributed by atoms with van der Waals surface area (Å²) in [5.74, 6) is -6.43. The lowest BCUT2D eigenvalue weighted by Crippen LogP contribution is -2.65. The number of aromatic hydroxyl groups is 1. The highest BCUT2D eigenvalue weighted by Gasteiger charge is 2.64. The molecule has 4 atom stereocenters. The Morgan fingerprint density at radius 3 is 2.47 bits per heavy atom. The third-order valence-corrected chi connectivity index (χ3v) is 6.46. The highest BCUT2D eigenvalue weighted by Crippen LogP contribution is 2.52. The number of aliphatic hydroxyl groups is 3. The van der Waals surface area contributed by atoms with Crippen LogP contribution in [0.4, 0.5) is 0 Å². The average Bonchev–Trinajstić information content (AvgIpc) is 2.64. The number of phenols is 1. The van der Waals surface area contributed by atoms with Crippen molar-refractivity contribution in [2.45, 2.75) is 24.5 Å². The van der Waals surface area contributed by atoms with Gasteiger partial charge in [-0.2, -0.15) is 0 Å². The molecule has 0 bridgehead atoms. The first-order valence-corrected chi connectivity index (χ1v) is 9.47. The van der Waals surface area contributed by atoms with Crippen molar-refractivity contribution in [2.75, 3.05) is 14.1 Å². The molecule has 3 aliphatic rings. The molecule has 9 nitrogen and oxygen atoms in total. The first kappa shape index (κ1) is 20.1. The van der Waals surface area contributed by atoms with Gasteiger partial charge in [0.1, 0.15) is 22.8 Å². The Kier molecular flexibility index (Phi) is 4.30. The predicted octanol–water partition coefficient (Wildman–Crippen LogP) is -0.0360. The van der Waals surface area contributed by atoms with Crippen LogP contribution in [0.15, 0.2) is 35.1 Å². The van der Waals surface area contributed by atoms with Gasteiger partial charge in [-0.15, -0.1) is 0 Å². The maximum absolute atomic E-state index is 13.5. The molecule has 158 valence electrons. The summed E-state index contributed by atoms with van der Waals surface area (Å²) in [5, 5.41) is 43.1. The fourth-order valence-corrected chi connectivity index (χ4v) is 5.18. The zero-order chi connectivity index (χ0) is 22.1. The first-order chi connectivity index (χ1) is 14.0. The van der Waals surface area contributed by atoms with Crippen molar-refractivity contribution >= 4 is 23.2 Å². The maximum atomic E-state index is 13.5. The van der Waals surface area contributed by atoms with E-state index in [0.29, 0.717) is 12.0 Å². The Bertz CT molecular complexity index is 1070. The van der Waals surface area contributed by atoms with Gasteiger partial charge in [0.2, 0.25) is 5.78 Å². The van der Waals surface area contributed by atoms with Gasteiger partial charge in [-0.1, -0.05) is 12.1 Å². The van der Waals surface area contributed by atoms with E-state index in [-0.39, 0.29) is 23.3 Å². The standard InChI is InChI=1S/C21H22N2O7/c1-23(2)15-10-7-9-6-8-4-3-5-11(24)12(8)16(25)13(9)18(27)21(10,30)19(28)14(17(15)26)20(22)29/h3-5,9-10,15,24-25,28,30H,6-7H2,1-2H3,(H2,22,29). The fraction of sp³-hybridized carbons (Fsp3) is 0.381. The van der Waals surface area contributed by atoms with E-state index < -0.39 is 58.0 Å². The molecule has 4 unspecified atom stereocenters. The van der Waals surface area contributed by atoms with Gasteiger partial charge in [0.25, 0.3) is 5.91 Å². The van der Waals surface area contributed by atoms with Crippen molar-refractivity contribution in [3.05, 3.63) is 46.2 Å². The molecule has 0 radical (unpaired) electrons. The van der Waals surface area contributed by atoms with E-state index in [2.05, 4.69) is 0 Å². The zero-order valence-electron chi connectivity index (χ0n) is 16.4. The minimum atomic E-state index is -2.60. The third kappa shape index (κ3) is 2.39. The van der Waals surface area contributed by atoms with Crippen LogP contribution in [0.25, 0.3) is 5.76 Å². The Hall–Kier alpha value is -3.17. The SMILES string of the molecule is CN(C)C1C(=O)C(C(N)=O)=C(O)C2(O)C(=O)C3=C(O)c4c(O)cccc4CC3CC12. The van der Waals surface area contributed by atoms with Gasteiger partial charge in [-0.25, -0.2) is 0 Å². The summed E-state index contributed by atoms with van der Waals surface area (Å²) in [6.45, 7) is 0. The number of carbonyl (C=O) groups is 3. The van der Waals surface area contributed by atoms with Crippen LogP contribution in [0.3, 0.4) is 0 Å². The van der Waals surface area contributed by atoms with Crippen molar-refractivity contribution in [3.63, 3.8) is 0 Å². The lowest BCUT2D eigenvalue weighted by molar-refractivity contribution is -0.153. The normalized spacial score (nSPS) is 30.9. The third-order valence-electron chi connectivity index (χ3n) is 6.46. The number of carbonyl (C=O) groups excluding carboxylic acids is 3. The van der Waals surface area contributed by atoms with E-state index in [9.17, 15) is 34.8 Å². The second-order valence-corrected chi connectivity index (χ2v) is 8.27. The molecule has 1 saturated carbocycles. The van der Waals surface area contributed by atoms with E-state index in [4.69, 9.17) is 5.73 Å². The van der Waals surface area contributed by atoms with Crippen LogP contribution >= 0.6 is 0 Å². The summed E-state index contributed by atoms with van der Waals surface area (Å²) < 4.78 is 0. The summed E-state index contributed by atoms with van der Waals surface area (Å²) >= 11 is 0. The number of benzene rings is 1. The molecule has 1 amide bonds. The largest absolute Gasteiger partial charge is 0.508 e. The molecular weight excluding hydrogens is 392 g/mol. The Labute approximate surface area is 171 Å². The van der Waals surface area contributed by atoms with Crippen molar-refractivity contribution in [3.8, 4) is 5.75 Å². The van der Waals surface area contributed by atoms with E-state index in [1.807, 2.05) is 0 Å². The van der Waals surface area contributed by atoms with E-state index >= 15 is 0 Å². The van der Waals surface area contributed by atoms with Gasteiger partial charge in [0, 0.05) is 11.5 Å².